The van der Waals surface area contributed by atoms with Crippen LogP contribution in [0, 0.1) is 12.8 Å². The van der Waals surface area contributed by atoms with Crippen LogP contribution in [0.5, 0.6) is 0 Å². The molecule has 2 aliphatic heterocycles. The van der Waals surface area contributed by atoms with Gasteiger partial charge in [0.05, 0.1) is 28.3 Å². The second kappa shape index (κ2) is 8.21. The summed E-state index contributed by atoms with van der Waals surface area (Å²) in [5.74, 6) is 0.500. The molecule has 2 aromatic rings. The van der Waals surface area contributed by atoms with Crippen molar-refractivity contribution in [3.05, 3.63) is 86.8 Å². The van der Waals surface area contributed by atoms with Crippen molar-refractivity contribution >= 4 is 34.3 Å². The molecule has 0 radical (unpaired) electrons. The minimum Gasteiger partial charge on any atom is -0.335 e. The zero-order chi connectivity index (χ0) is 25.5. The molecule has 4 aliphatic rings. The van der Waals surface area contributed by atoms with E-state index in [9.17, 15) is 0 Å². The number of hydrogen-bond acceptors (Lipinski definition) is 2. The van der Waals surface area contributed by atoms with Gasteiger partial charge in [-0.1, -0.05) is 44.2 Å². The molecule has 1 aromatic heterocycles. The van der Waals surface area contributed by atoms with Gasteiger partial charge in [-0.15, -0.1) is 11.6 Å². The summed E-state index contributed by atoms with van der Waals surface area (Å²) in [6.45, 7) is 20.9. The summed E-state index contributed by atoms with van der Waals surface area (Å²) in [6, 6.07) is 2.33. The van der Waals surface area contributed by atoms with E-state index in [2.05, 4.69) is 70.9 Å². The van der Waals surface area contributed by atoms with Crippen molar-refractivity contribution in [1.29, 1.82) is 0 Å². The summed E-state index contributed by atoms with van der Waals surface area (Å²) in [5, 5.41) is 1.38. The molecule has 1 aromatic carbocycles. The van der Waals surface area contributed by atoms with Gasteiger partial charge in [-0.25, -0.2) is 4.98 Å². The SMILES string of the molecule is C=C1C2=C(C=C3c4nc5cc(C)c6c(c5c(/C=C(\C)C(C)C)c4CN13)CCCC6)C(C)(Cl)C(=C)CC2. The molecular weight excluding hydrogens is 460 g/mol. The van der Waals surface area contributed by atoms with Crippen LogP contribution in [0.1, 0.15) is 86.9 Å². The molecule has 6 rings (SSSR count). The highest BCUT2D eigenvalue weighted by Gasteiger charge is 2.42. The Hall–Kier alpha value is -2.58. The summed E-state index contributed by atoms with van der Waals surface area (Å²) in [5.41, 5.74) is 16.6. The fourth-order valence-electron chi connectivity index (χ4n) is 6.62. The van der Waals surface area contributed by atoms with Crippen molar-refractivity contribution < 1.29 is 0 Å². The summed E-state index contributed by atoms with van der Waals surface area (Å²) >= 11 is 7.12. The topological polar surface area (TPSA) is 16.1 Å². The average Bonchev–Trinajstić information content (AvgIpc) is 3.21. The van der Waals surface area contributed by atoms with Crippen molar-refractivity contribution in [1.82, 2.24) is 9.88 Å². The monoisotopic (exact) mass is 496 g/mol. The van der Waals surface area contributed by atoms with Gasteiger partial charge >= 0.3 is 0 Å². The third-order valence-corrected chi connectivity index (χ3v) is 9.70. The zero-order valence-electron chi connectivity index (χ0n) is 22.4. The first-order valence-corrected chi connectivity index (χ1v) is 13.9. The van der Waals surface area contributed by atoms with Gasteiger partial charge in [0.2, 0.25) is 0 Å². The second-order valence-electron chi connectivity index (χ2n) is 11.7. The molecule has 2 aliphatic carbocycles. The van der Waals surface area contributed by atoms with Crippen LogP contribution >= 0.6 is 11.6 Å². The Morgan fingerprint density at radius 3 is 2.56 bits per heavy atom. The van der Waals surface area contributed by atoms with Gasteiger partial charge in [0.15, 0.2) is 0 Å². The minimum absolute atomic E-state index is 0.500. The summed E-state index contributed by atoms with van der Waals surface area (Å²) in [7, 11) is 0. The van der Waals surface area contributed by atoms with Crippen LogP contribution in [-0.2, 0) is 19.4 Å². The molecular formula is C33H37ClN2. The second-order valence-corrected chi connectivity index (χ2v) is 12.5. The lowest BCUT2D eigenvalue weighted by atomic mass is 9.77. The number of benzene rings is 1. The lowest BCUT2D eigenvalue weighted by Crippen LogP contribution is -2.32. The Bertz CT molecular complexity index is 1460. The van der Waals surface area contributed by atoms with Gasteiger partial charge < -0.3 is 4.90 Å². The highest BCUT2D eigenvalue weighted by Crippen LogP contribution is 2.52. The number of hydrogen-bond donors (Lipinski definition) is 0. The number of rotatable bonds is 2. The van der Waals surface area contributed by atoms with Gasteiger partial charge in [0.25, 0.3) is 0 Å². The number of nitrogens with zero attached hydrogens (tertiary/aromatic N) is 2. The Kier molecular flexibility index (Phi) is 5.43. The highest BCUT2D eigenvalue weighted by atomic mass is 35.5. The molecule has 3 heterocycles. The van der Waals surface area contributed by atoms with Crippen molar-refractivity contribution in [2.45, 2.75) is 84.6 Å². The number of aryl methyl sites for hydroxylation is 2. The Labute approximate surface area is 221 Å². The molecule has 0 saturated heterocycles. The third kappa shape index (κ3) is 3.33. The number of aromatic nitrogens is 1. The fraction of sp³-hybridized carbons (Fsp3) is 0.424. The van der Waals surface area contributed by atoms with Crippen LogP contribution in [0.3, 0.4) is 0 Å². The number of pyridine rings is 1. The molecule has 0 amide bonds. The number of allylic oxidation sites excluding steroid dienone is 5. The summed E-state index contributed by atoms with van der Waals surface area (Å²) < 4.78 is 0. The molecule has 1 atom stereocenters. The highest BCUT2D eigenvalue weighted by molar-refractivity contribution is 6.28. The maximum absolute atomic E-state index is 7.12. The lowest BCUT2D eigenvalue weighted by Gasteiger charge is -2.40. The molecule has 0 N–H and O–H groups in total. The van der Waals surface area contributed by atoms with Gasteiger partial charge in [-0.05, 0) is 111 Å². The molecule has 3 heteroatoms. The van der Waals surface area contributed by atoms with Crippen LogP contribution in [0.4, 0.5) is 0 Å². The van der Waals surface area contributed by atoms with Crippen molar-refractivity contribution in [2.75, 3.05) is 0 Å². The molecule has 36 heavy (non-hydrogen) atoms. The smallest absolute Gasteiger partial charge is 0.0930 e. The Morgan fingerprint density at radius 1 is 1.11 bits per heavy atom. The van der Waals surface area contributed by atoms with Crippen LogP contribution in [0.25, 0.3) is 22.7 Å². The predicted octanol–water partition coefficient (Wildman–Crippen LogP) is 8.81. The molecule has 0 spiro atoms. The van der Waals surface area contributed by atoms with Crippen molar-refractivity contribution in [2.24, 2.45) is 5.92 Å². The van der Waals surface area contributed by atoms with Gasteiger partial charge in [-0.3, -0.25) is 0 Å². The first-order valence-electron chi connectivity index (χ1n) is 13.5. The summed E-state index contributed by atoms with van der Waals surface area (Å²) in [4.78, 5) is 7.21. The molecule has 2 nitrogen and oxygen atoms in total. The minimum atomic E-state index is -0.568. The van der Waals surface area contributed by atoms with E-state index in [0.29, 0.717) is 5.92 Å². The maximum Gasteiger partial charge on any atom is 0.0930 e. The zero-order valence-corrected chi connectivity index (χ0v) is 23.2. The van der Waals surface area contributed by atoms with Crippen LogP contribution in [0.2, 0.25) is 0 Å². The normalized spacial score (nSPS) is 23.7. The van der Waals surface area contributed by atoms with Crippen molar-refractivity contribution in [3.63, 3.8) is 0 Å². The van der Waals surface area contributed by atoms with E-state index in [-0.39, 0.29) is 0 Å². The number of halogens is 1. The van der Waals surface area contributed by atoms with E-state index in [0.717, 1.165) is 59.6 Å². The molecule has 1 unspecified atom stereocenters. The maximum atomic E-state index is 7.12. The first kappa shape index (κ1) is 23.8. The van der Waals surface area contributed by atoms with Gasteiger partial charge in [-0.2, -0.15) is 0 Å². The van der Waals surface area contributed by atoms with Crippen LogP contribution in [-0.4, -0.2) is 14.8 Å². The fourth-order valence-corrected chi connectivity index (χ4v) is 6.88. The molecule has 0 saturated carbocycles. The standard InChI is InChI=1S/C33H37ClN2/c1-18(2)19(3)14-26-27-17-36-22(6)24-13-12-21(5)33(7,34)28(24)16-30(36)32(27)35-29-15-20(4)23-10-8-9-11-25(23)31(26)29/h14-16,18H,5-6,8-13,17H2,1-4,7H3/b19-14+. The van der Waals surface area contributed by atoms with Gasteiger partial charge in [0.1, 0.15) is 0 Å². The average molecular weight is 497 g/mol. The predicted molar refractivity (Wildman–Crippen MR) is 154 cm³/mol. The number of fused-ring (bicyclic) bond motifs is 6. The van der Waals surface area contributed by atoms with E-state index in [1.807, 2.05) is 0 Å². The first-order chi connectivity index (χ1) is 17.1. The van der Waals surface area contributed by atoms with Crippen LogP contribution < -0.4 is 0 Å². The van der Waals surface area contributed by atoms with Crippen LogP contribution in [0.15, 0.2) is 53.3 Å². The van der Waals surface area contributed by atoms with Crippen molar-refractivity contribution in [3.8, 4) is 0 Å². The van der Waals surface area contributed by atoms with E-state index >= 15 is 0 Å². The van der Waals surface area contributed by atoms with E-state index in [1.165, 1.54) is 58.0 Å². The van der Waals surface area contributed by atoms with E-state index in [4.69, 9.17) is 16.6 Å². The molecule has 0 fully saturated rings. The van der Waals surface area contributed by atoms with Gasteiger partial charge in [0, 0.05) is 16.6 Å². The third-order valence-electron chi connectivity index (χ3n) is 9.23. The largest absolute Gasteiger partial charge is 0.335 e. The molecule has 186 valence electrons. The number of alkyl halides is 1. The Morgan fingerprint density at radius 2 is 1.83 bits per heavy atom. The lowest BCUT2D eigenvalue weighted by molar-refractivity contribution is 0.497. The molecule has 0 bridgehead atoms. The summed E-state index contributed by atoms with van der Waals surface area (Å²) in [6.07, 6.45) is 11.5. The van der Waals surface area contributed by atoms with E-state index < -0.39 is 4.87 Å². The Balaban J connectivity index is 1.66. The van der Waals surface area contributed by atoms with E-state index in [1.54, 1.807) is 5.56 Å². The quantitative estimate of drug-likeness (QED) is 0.305.